The van der Waals surface area contributed by atoms with Crippen LogP contribution in [-0.2, 0) is 0 Å². The first-order valence-electron chi connectivity index (χ1n) is 6.17. The third kappa shape index (κ3) is 2.47. The number of oxazole rings is 1. The quantitative estimate of drug-likeness (QED) is 0.782. The Labute approximate surface area is 118 Å². The average molecular weight is 288 g/mol. The van der Waals surface area contributed by atoms with E-state index in [1.807, 2.05) is 0 Å². The molecule has 3 rings (SSSR count). The number of anilines is 1. The second kappa shape index (κ2) is 4.97. The van der Waals surface area contributed by atoms with Crippen LogP contribution in [0.4, 0.5) is 14.5 Å². The Morgan fingerprint density at radius 1 is 1.24 bits per heavy atom. The molecule has 1 amide bonds. The van der Waals surface area contributed by atoms with Crippen molar-refractivity contribution in [3.63, 3.8) is 0 Å². The summed E-state index contributed by atoms with van der Waals surface area (Å²) in [6, 6.07) is 8.29. The van der Waals surface area contributed by atoms with Crippen LogP contribution in [0.1, 0.15) is 16.2 Å². The van der Waals surface area contributed by atoms with Crippen molar-refractivity contribution < 1.29 is 18.0 Å². The van der Waals surface area contributed by atoms with Crippen molar-refractivity contribution in [3.8, 4) is 0 Å². The molecule has 0 saturated carbocycles. The summed E-state index contributed by atoms with van der Waals surface area (Å²) >= 11 is 0. The Bertz CT molecular complexity index is 843. The van der Waals surface area contributed by atoms with E-state index in [1.165, 1.54) is 12.1 Å². The molecule has 21 heavy (non-hydrogen) atoms. The normalized spacial score (nSPS) is 10.8. The highest BCUT2D eigenvalue weighted by Gasteiger charge is 2.15. The molecule has 0 aliphatic heterocycles. The van der Waals surface area contributed by atoms with Gasteiger partial charge < -0.3 is 9.73 Å². The Kier molecular flexibility index (Phi) is 3.13. The lowest BCUT2D eigenvalue weighted by Crippen LogP contribution is -2.14. The number of nitrogens with one attached hydrogen (secondary N) is 1. The number of fused-ring (bicyclic) bond motifs is 1. The summed E-state index contributed by atoms with van der Waals surface area (Å²) in [5.74, 6) is -2.46. The predicted octanol–water partition coefficient (Wildman–Crippen LogP) is 3.67. The topological polar surface area (TPSA) is 55.1 Å². The first-order chi connectivity index (χ1) is 10.0. The number of aryl methyl sites for hydroxylation is 1. The van der Waals surface area contributed by atoms with Crippen LogP contribution in [0.25, 0.3) is 11.1 Å². The van der Waals surface area contributed by atoms with E-state index in [1.54, 1.807) is 25.1 Å². The van der Waals surface area contributed by atoms with E-state index in [-0.39, 0.29) is 5.56 Å². The second-order valence-corrected chi connectivity index (χ2v) is 4.47. The summed E-state index contributed by atoms with van der Waals surface area (Å²) in [6.07, 6.45) is 0. The molecule has 0 aliphatic rings. The van der Waals surface area contributed by atoms with Gasteiger partial charge in [0.15, 0.2) is 23.1 Å². The van der Waals surface area contributed by atoms with Gasteiger partial charge in [-0.05, 0) is 30.3 Å². The minimum atomic E-state index is -1.17. The lowest BCUT2D eigenvalue weighted by atomic mass is 10.2. The highest BCUT2D eigenvalue weighted by atomic mass is 19.2. The number of carbonyl (C=O) groups is 1. The van der Waals surface area contributed by atoms with E-state index in [0.717, 1.165) is 6.07 Å². The molecule has 0 fully saturated rings. The molecule has 6 heteroatoms. The Balaban J connectivity index is 1.90. The monoisotopic (exact) mass is 288 g/mol. The van der Waals surface area contributed by atoms with Gasteiger partial charge in [-0.3, -0.25) is 4.79 Å². The number of halogens is 2. The number of benzene rings is 2. The van der Waals surface area contributed by atoms with E-state index in [9.17, 15) is 13.6 Å². The molecule has 1 heterocycles. The summed E-state index contributed by atoms with van der Waals surface area (Å²) in [5.41, 5.74) is 1.23. The molecule has 1 N–H and O–H groups in total. The van der Waals surface area contributed by atoms with Gasteiger partial charge in [0, 0.05) is 12.6 Å². The van der Waals surface area contributed by atoms with Crippen molar-refractivity contribution in [1.82, 2.24) is 4.98 Å². The molecule has 2 aromatic carbocycles. The Morgan fingerprint density at radius 2 is 2.05 bits per heavy atom. The number of hydrogen-bond donors (Lipinski definition) is 1. The van der Waals surface area contributed by atoms with Gasteiger partial charge in [0.2, 0.25) is 0 Å². The van der Waals surface area contributed by atoms with Gasteiger partial charge in [-0.2, -0.15) is 0 Å². The third-order valence-electron chi connectivity index (χ3n) is 2.95. The molecule has 0 saturated heterocycles. The maximum Gasteiger partial charge on any atom is 0.258 e. The molecule has 1 aromatic heterocycles. The molecule has 0 radical (unpaired) electrons. The van der Waals surface area contributed by atoms with Crippen LogP contribution in [0.3, 0.4) is 0 Å². The van der Waals surface area contributed by atoms with Crippen LogP contribution in [0.15, 0.2) is 40.8 Å². The van der Waals surface area contributed by atoms with Gasteiger partial charge >= 0.3 is 0 Å². The standard InChI is InChI=1S/C15H10F2N2O2/c1-8-18-12-7-9(5-6-13(12)21-8)19-15(20)10-3-2-4-11(16)14(10)17/h2-7H,1H3,(H,19,20). The van der Waals surface area contributed by atoms with Gasteiger partial charge in [0.1, 0.15) is 5.52 Å². The Hall–Kier alpha value is -2.76. The smallest absolute Gasteiger partial charge is 0.258 e. The lowest BCUT2D eigenvalue weighted by molar-refractivity contribution is 0.102. The summed E-state index contributed by atoms with van der Waals surface area (Å²) in [7, 11) is 0. The van der Waals surface area contributed by atoms with Crippen molar-refractivity contribution in [1.29, 1.82) is 0 Å². The van der Waals surface area contributed by atoms with Crippen molar-refractivity contribution in [3.05, 3.63) is 59.5 Å². The number of nitrogens with zero attached hydrogens (tertiary/aromatic N) is 1. The summed E-state index contributed by atoms with van der Waals surface area (Å²) in [6.45, 7) is 1.71. The van der Waals surface area contributed by atoms with Crippen LogP contribution in [0.5, 0.6) is 0 Å². The number of aromatic nitrogens is 1. The molecule has 0 spiro atoms. The number of amides is 1. The number of carbonyl (C=O) groups excluding carboxylic acids is 1. The van der Waals surface area contributed by atoms with E-state index >= 15 is 0 Å². The zero-order chi connectivity index (χ0) is 15.0. The fourth-order valence-electron chi connectivity index (χ4n) is 2.00. The maximum absolute atomic E-state index is 13.5. The first kappa shape index (κ1) is 13.2. The van der Waals surface area contributed by atoms with Gasteiger partial charge in [-0.25, -0.2) is 13.8 Å². The zero-order valence-electron chi connectivity index (χ0n) is 11.0. The number of hydrogen-bond acceptors (Lipinski definition) is 3. The summed E-state index contributed by atoms with van der Waals surface area (Å²) in [5, 5.41) is 2.50. The summed E-state index contributed by atoms with van der Waals surface area (Å²) < 4.78 is 32.0. The molecule has 106 valence electrons. The lowest BCUT2D eigenvalue weighted by Gasteiger charge is -2.06. The van der Waals surface area contributed by atoms with Crippen molar-refractivity contribution in [2.45, 2.75) is 6.92 Å². The maximum atomic E-state index is 13.5. The van der Waals surface area contributed by atoms with Gasteiger partial charge in [-0.15, -0.1) is 0 Å². The van der Waals surface area contributed by atoms with Crippen molar-refractivity contribution in [2.75, 3.05) is 5.32 Å². The van der Waals surface area contributed by atoms with Crippen LogP contribution in [0, 0.1) is 18.6 Å². The molecule has 0 unspecified atom stereocenters. The third-order valence-corrected chi connectivity index (χ3v) is 2.95. The Morgan fingerprint density at radius 3 is 2.86 bits per heavy atom. The SMILES string of the molecule is Cc1nc2cc(NC(=O)c3cccc(F)c3F)ccc2o1. The predicted molar refractivity (Wildman–Crippen MR) is 73.1 cm³/mol. The van der Waals surface area contributed by atoms with Gasteiger partial charge in [0.25, 0.3) is 5.91 Å². The zero-order valence-corrected chi connectivity index (χ0v) is 11.0. The van der Waals surface area contributed by atoms with E-state index in [4.69, 9.17) is 4.42 Å². The second-order valence-electron chi connectivity index (χ2n) is 4.47. The van der Waals surface area contributed by atoms with Gasteiger partial charge in [0.05, 0.1) is 5.56 Å². The molecule has 4 nitrogen and oxygen atoms in total. The minimum absolute atomic E-state index is 0.355. The van der Waals surface area contributed by atoms with Crippen LogP contribution in [0.2, 0.25) is 0 Å². The highest BCUT2D eigenvalue weighted by molar-refractivity contribution is 6.05. The largest absolute Gasteiger partial charge is 0.441 e. The first-order valence-corrected chi connectivity index (χ1v) is 6.17. The molecule has 0 atom stereocenters. The minimum Gasteiger partial charge on any atom is -0.441 e. The molecule has 3 aromatic rings. The van der Waals surface area contributed by atoms with E-state index in [0.29, 0.717) is 22.7 Å². The molecular formula is C15H10F2N2O2. The molecule has 0 aliphatic carbocycles. The van der Waals surface area contributed by atoms with Crippen molar-refractivity contribution in [2.24, 2.45) is 0 Å². The van der Waals surface area contributed by atoms with E-state index in [2.05, 4.69) is 10.3 Å². The molecule has 0 bridgehead atoms. The highest BCUT2D eigenvalue weighted by Crippen LogP contribution is 2.21. The fourth-order valence-corrected chi connectivity index (χ4v) is 2.00. The van der Waals surface area contributed by atoms with Crippen LogP contribution < -0.4 is 5.32 Å². The molecular weight excluding hydrogens is 278 g/mol. The average Bonchev–Trinajstić information content (AvgIpc) is 2.81. The fraction of sp³-hybridized carbons (Fsp3) is 0.0667. The van der Waals surface area contributed by atoms with Crippen LogP contribution >= 0.6 is 0 Å². The number of rotatable bonds is 2. The summed E-state index contributed by atoms with van der Waals surface area (Å²) in [4.78, 5) is 16.1. The van der Waals surface area contributed by atoms with Crippen LogP contribution in [-0.4, -0.2) is 10.9 Å². The van der Waals surface area contributed by atoms with Crippen molar-refractivity contribution >= 4 is 22.7 Å². The van der Waals surface area contributed by atoms with E-state index < -0.39 is 17.5 Å². The van der Waals surface area contributed by atoms with Gasteiger partial charge in [-0.1, -0.05) is 6.07 Å².